The monoisotopic (exact) mass is 573 g/mol. The number of amides is 1. The van der Waals surface area contributed by atoms with Crippen LogP contribution in [0.1, 0.15) is 43.8 Å². The molecule has 1 saturated carbocycles. The van der Waals surface area contributed by atoms with E-state index in [0.717, 1.165) is 71.8 Å². The molecule has 0 spiro atoms. The van der Waals surface area contributed by atoms with Crippen LogP contribution in [0.3, 0.4) is 0 Å². The first kappa shape index (κ1) is 26.2. The number of carbonyl (C=O) groups is 1. The van der Waals surface area contributed by atoms with Gasteiger partial charge >= 0.3 is 0 Å². The van der Waals surface area contributed by atoms with Crippen LogP contribution in [0, 0.1) is 5.92 Å². The van der Waals surface area contributed by atoms with Crippen molar-refractivity contribution in [3.8, 4) is 5.75 Å². The van der Waals surface area contributed by atoms with Crippen LogP contribution in [-0.2, 0) is 4.79 Å². The van der Waals surface area contributed by atoms with Gasteiger partial charge in [-0.3, -0.25) is 4.79 Å². The van der Waals surface area contributed by atoms with Gasteiger partial charge in [-0.05, 0) is 86.5 Å². The molecule has 2 aromatic carbocycles. The second-order valence-corrected chi connectivity index (χ2v) is 12.9. The van der Waals surface area contributed by atoms with E-state index in [1.807, 2.05) is 18.2 Å². The van der Waals surface area contributed by atoms with Gasteiger partial charge in [0, 0.05) is 30.0 Å². The van der Waals surface area contributed by atoms with Crippen molar-refractivity contribution >= 4 is 56.2 Å². The number of carbonyl (C=O) groups excluding carboxylic acids is 1. The number of aliphatic hydroxyl groups excluding tert-OH is 1. The van der Waals surface area contributed by atoms with Crippen molar-refractivity contribution < 1.29 is 14.6 Å². The smallest absolute Gasteiger partial charge is 0.225 e. The lowest BCUT2D eigenvalue weighted by atomic mass is 10.00. The van der Waals surface area contributed by atoms with E-state index in [2.05, 4.69) is 33.3 Å². The molecule has 1 amide bonds. The molecule has 9 heteroatoms. The van der Waals surface area contributed by atoms with Crippen molar-refractivity contribution in [2.24, 2.45) is 5.92 Å². The highest BCUT2D eigenvalue weighted by atomic mass is 35.5. The second-order valence-electron chi connectivity index (χ2n) is 10.8. The molecular weight excluding hydrogens is 541 g/mol. The van der Waals surface area contributed by atoms with Crippen molar-refractivity contribution in [3.05, 3.63) is 57.4 Å². The van der Waals surface area contributed by atoms with Crippen molar-refractivity contribution in [2.45, 2.75) is 50.4 Å². The van der Waals surface area contributed by atoms with Crippen molar-refractivity contribution in [1.29, 1.82) is 0 Å². The van der Waals surface area contributed by atoms with Gasteiger partial charge in [-0.15, -0.1) is 11.3 Å². The Morgan fingerprint density at radius 3 is 2.66 bits per heavy atom. The predicted molar refractivity (Wildman–Crippen MR) is 155 cm³/mol. The van der Waals surface area contributed by atoms with E-state index in [4.69, 9.17) is 27.9 Å². The van der Waals surface area contributed by atoms with Gasteiger partial charge in [-0.1, -0.05) is 35.3 Å². The Bertz CT molecular complexity index is 1310. The molecule has 0 bridgehead atoms. The molecule has 3 heterocycles. The first-order chi connectivity index (χ1) is 18.4. The van der Waals surface area contributed by atoms with Crippen LogP contribution in [0.15, 0.2) is 42.5 Å². The van der Waals surface area contributed by atoms with Crippen molar-refractivity contribution in [3.63, 3.8) is 0 Å². The minimum Gasteiger partial charge on any atom is -0.489 e. The summed E-state index contributed by atoms with van der Waals surface area (Å²) in [6.07, 6.45) is 4.57. The van der Waals surface area contributed by atoms with Gasteiger partial charge in [0.05, 0.1) is 27.4 Å². The van der Waals surface area contributed by atoms with Crippen LogP contribution in [0.5, 0.6) is 5.75 Å². The summed E-state index contributed by atoms with van der Waals surface area (Å²) in [7, 11) is 0. The number of thiophene rings is 1. The number of nitrogens with one attached hydrogen (secondary N) is 1. The number of nitrogens with zero attached hydrogens (tertiary/aromatic N) is 2. The number of aliphatic hydroxyl groups is 1. The molecule has 3 fully saturated rings. The van der Waals surface area contributed by atoms with Gasteiger partial charge < -0.3 is 25.0 Å². The van der Waals surface area contributed by atoms with Crippen LogP contribution < -0.4 is 15.0 Å². The van der Waals surface area contributed by atoms with Crippen LogP contribution >= 0.6 is 34.5 Å². The summed E-state index contributed by atoms with van der Waals surface area (Å²) in [5.74, 6) is 0.513. The number of halogens is 2. The molecule has 3 aliphatic rings. The summed E-state index contributed by atoms with van der Waals surface area (Å²) < 4.78 is 7.80. The number of likely N-dealkylation sites (tertiary alicyclic amines) is 1. The van der Waals surface area contributed by atoms with Gasteiger partial charge in [0.1, 0.15) is 11.9 Å². The SMILES string of the molecule is O=C(N[C@H](CN1CCCC1)[C@H](O)c1ccc(OC2CC2)c(Cl)c1)C1CCN(c2ccc3cc(Cl)sc3c2)C1. The molecule has 1 aliphatic carbocycles. The first-order valence-electron chi connectivity index (χ1n) is 13.5. The molecule has 2 N–H and O–H groups in total. The zero-order valence-corrected chi connectivity index (χ0v) is 23.6. The van der Waals surface area contributed by atoms with Gasteiger partial charge in [0.15, 0.2) is 0 Å². The summed E-state index contributed by atoms with van der Waals surface area (Å²) in [5.41, 5.74) is 1.81. The minimum absolute atomic E-state index is 0.00391. The summed E-state index contributed by atoms with van der Waals surface area (Å²) >= 11 is 14.3. The zero-order valence-electron chi connectivity index (χ0n) is 21.2. The van der Waals surface area contributed by atoms with E-state index in [1.165, 1.54) is 0 Å². The van der Waals surface area contributed by atoms with Gasteiger partial charge in [-0.2, -0.15) is 0 Å². The fourth-order valence-corrected chi connectivity index (χ4v) is 6.98. The highest BCUT2D eigenvalue weighted by molar-refractivity contribution is 7.22. The third kappa shape index (κ3) is 5.92. The largest absolute Gasteiger partial charge is 0.489 e. The van der Waals surface area contributed by atoms with E-state index in [1.54, 1.807) is 17.4 Å². The second kappa shape index (κ2) is 11.2. The number of hydrogen-bond acceptors (Lipinski definition) is 6. The van der Waals surface area contributed by atoms with E-state index in [-0.39, 0.29) is 17.9 Å². The maximum absolute atomic E-state index is 13.5. The standard InChI is InChI=1S/C29H33Cl2N3O3S/c30-23-13-19(4-8-25(23)37-22-6-7-22)28(35)24(17-33-10-1-2-11-33)32-29(36)20-9-12-34(16-20)21-5-3-18-14-27(31)38-26(18)15-21/h3-5,8,13-15,20,22,24,28,35H,1-2,6-7,9-12,16-17H2,(H,32,36)/t20?,24-,28-/m1/s1. The lowest BCUT2D eigenvalue weighted by Crippen LogP contribution is -2.48. The lowest BCUT2D eigenvalue weighted by Gasteiger charge is -2.30. The maximum Gasteiger partial charge on any atom is 0.225 e. The normalized spacial score (nSPS) is 21.7. The van der Waals surface area contributed by atoms with Crippen molar-refractivity contribution in [1.82, 2.24) is 10.2 Å². The Kier molecular flexibility index (Phi) is 7.74. The molecule has 6 nitrogen and oxygen atoms in total. The Hall–Kier alpha value is -2.03. The molecule has 0 radical (unpaired) electrons. The zero-order chi connectivity index (χ0) is 26.2. The van der Waals surface area contributed by atoms with Crippen LogP contribution in [-0.4, -0.2) is 60.8 Å². The number of ether oxygens (including phenoxy) is 1. The Balaban J connectivity index is 1.14. The third-order valence-electron chi connectivity index (χ3n) is 7.88. The molecule has 1 unspecified atom stereocenters. The Labute approximate surface area is 237 Å². The lowest BCUT2D eigenvalue weighted by molar-refractivity contribution is -0.126. The average molecular weight is 575 g/mol. The van der Waals surface area contributed by atoms with E-state index < -0.39 is 12.1 Å². The topological polar surface area (TPSA) is 65.0 Å². The molecule has 3 atom stereocenters. The van der Waals surface area contributed by atoms with Crippen LogP contribution in [0.4, 0.5) is 5.69 Å². The average Bonchev–Trinajstić information content (AvgIpc) is 3.27. The minimum atomic E-state index is -0.865. The number of rotatable bonds is 9. The van der Waals surface area contributed by atoms with E-state index in [9.17, 15) is 9.90 Å². The Morgan fingerprint density at radius 1 is 1.08 bits per heavy atom. The quantitative estimate of drug-likeness (QED) is 0.334. The Morgan fingerprint density at radius 2 is 1.89 bits per heavy atom. The molecule has 202 valence electrons. The number of anilines is 1. The number of hydrogen-bond donors (Lipinski definition) is 2. The molecule has 2 saturated heterocycles. The first-order valence-corrected chi connectivity index (χ1v) is 15.1. The molecule has 2 aliphatic heterocycles. The molecular formula is C29H33Cl2N3O3S. The third-order valence-corrected chi connectivity index (χ3v) is 9.40. The molecule has 1 aromatic heterocycles. The predicted octanol–water partition coefficient (Wildman–Crippen LogP) is 5.89. The fourth-order valence-electron chi connectivity index (χ4n) is 5.56. The van der Waals surface area contributed by atoms with Gasteiger partial charge in [-0.25, -0.2) is 0 Å². The number of fused-ring (bicyclic) bond motifs is 1. The summed E-state index contributed by atoms with van der Waals surface area (Å²) in [4.78, 5) is 18.1. The fraction of sp³-hybridized carbons (Fsp3) is 0.483. The number of benzene rings is 2. The van der Waals surface area contributed by atoms with Gasteiger partial charge in [0.2, 0.25) is 5.91 Å². The molecule has 3 aromatic rings. The highest BCUT2D eigenvalue weighted by Gasteiger charge is 2.33. The van der Waals surface area contributed by atoms with Gasteiger partial charge in [0.25, 0.3) is 0 Å². The summed E-state index contributed by atoms with van der Waals surface area (Å²) in [5, 5.41) is 16.3. The van der Waals surface area contributed by atoms with E-state index >= 15 is 0 Å². The van der Waals surface area contributed by atoms with Crippen LogP contribution in [0.25, 0.3) is 10.1 Å². The van der Waals surface area contributed by atoms with Crippen molar-refractivity contribution in [2.75, 3.05) is 37.6 Å². The summed E-state index contributed by atoms with van der Waals surface area (Å²) in [6, 6.07) is 13.4. The van der Waals surface area contributed by atoms with Crippen LogP contribution in [0.2, 0.25) is 9.36 Å². The molecule has 38 heavy (non-hydrogen) atoms. The summed E-state index contributed by atoms with van der Waals surface area (Å²) in [6.45, 7) is 4.06. The van der Waals surface area contributed by atoms with E-state index in [0.29, 0.717) is 29.4 Å². The highest BCUT2D eigenvalue weighted by Crippen LogP contribution is 2.35. The maximum atomic E-state index is 13.5. The molecule has 6 rings (SSSR count).